The average Bonchev–Trinajstić information content (AvgIpc) is 3.02. The Hall–Kier alpha value is -2.28. The second-order valence-corrected chi connectivity index (χ2v) is 7.89. The zero-order chi connectivity index (χ0) is 20.3. The van der Waals surface area contributed by atoms with Gasteiger partial charge in [-0.3, -0.25) is 9.59 Å². The van der Waals surface area contributed by atoms with Gasteiger partial charge in [0, 0.05) is 50.5 Å². The van der Waals surface area contributed by atoms with Gasteiger partial charge in [-0.25, -0.2) is 0 Å². The highest BCUT2D eigenvalue weighted by molar-refractivity contribution is 5.80. The average molecular weight is 389 g/mol. The van der Waals surface area contributed by atoms with Crippen LogP contribution in [0.1, 0.15) is 44.2 Å². The van der Waals surface area contributed by atoms with Gasteiger partial charge in [-0.05, 0) is 37.5 Å². The summed E-state index contributed by atoms with van der Waals surface area (Å²) in [6, 6.07) is 5.10. The van der Waals surface area contributed by atoms with Gasteiger partial charge in [0.2, 0.25) is 11.8 Å². The highest BCUT2D eigenvalue weighted by Gasteiger charge is 2.44. The number of ether oxygens (including phenoxy) is 2. The van der Waals surface area contributed by atoms with Crippen molar-refractivity contribution >= 4 is 11.8 Å². The Labute approximate surface area is 166 Å². The first-order chi connectivity index (χ1) is 13.4. The van der Waals surface area contributed by atoms with Crippen LogP contribution in [-0.2, 0) is 9.59 Å². The molecule has 2 aliphatic heterocycles. The van der Waals surface area contributed by atoms with E-state index in [0.29, 0.717) is 31.0 Å². The molecule has 28 heavy (non-hydrogen) atoms. The maximum absolute atomic E-state index is 12.8. The Balaban J connectivity index is 1.57. The maximum atomic E-state index is 12.8. The molecule has 2 saturated heterocycles. The topological polar surface area (TPSA) is 85.1 Å². The second-order valence-electron chi connectivity index (χ2n) is 7.89. The molecule has 1 spiro atoms. The number of methoxy groups -OCH3 is 2. The second kappa shape index (κ2) is 8.39. The number of rotatable bonds is 6. The van der Waals surface area contributed by atoms with Crippen molar-refractivity contribution in [3.63, 3.8) is 0 Å². The SMILES string of the molecule is CCN1CC2(CCN(C(=O)C[C@H](N)c3ccc(OC)c(OC)c3)CC2)CC1=O. The van der Waals surface area contributed by atoms with Gasteiger partial charge in [-0.1, -0.05) is 6.07 Å². The smallest absolute Gasteiger partial charge is 0.224 e. The lowest BCUT2D eigenvalue weighted by Crippen LogP contribution is -2.44. The Morgan fingerprint density at radius 3 is 2.46 bits per heavy atom. The minimum Gasteiger partial charge on any atom is -0.493 e. The molecule has 7 nitrogen and oxygen atoms in total. The summed E-state index contributed by atoms with van der Waals surface area (Å²) < 4.78 is 10.6. The third kappa shape index (κ3) is 4.09. The molecule has 2 amide bonds. The molecule has 0 unspecified atom stereocenters. The summed E-state index contributed by atoms with van der Waals surface area (Å²) in [4.78, 5) is 28.7. The van der Waals surface area contributed by atoms with Crippen LogP contribution in [-0.4, -0.2) is 62.0 Å². The highest BCUT2D eigenvalue weighted by atomic mass is 16.5. The lowest BCUT2D eigenvalue weighted by atomic mass is 9.77. The number of piperidine rings is 1. The van der Waals surface area contributed by atoms with Gasteiger partial charge in [-0.2, -0.15) is 0 Å². The number of nitrogens with zero attached hydrogens (tertiary/aromatic N) is 2. The van der Waals surface area contributed by atoms with Crippen LogP contribution in [0.3, 0.4) is 0 Å². The monoisotopic (exact) mass is 389 g/mol. The Morgan fingerprint density at radius 1 is 1.21 bits per heavy atom. The van der Waals surface area contributed by atoms with Crippen LogP contribution in [0.25, 0.3) is 0 Å². The first-order valence-corrected chi connectivity index (χ1v) is 9.94. The number of benzene rings is 1. The van der Waals surface area contributed by atoms with Gasteiger partial charge in [0.05, 0.1) is 14.2 Å². The lowest BCUT2D eigenvalue weighted by Gasteiger charge is -2.39. The van der Waals surface area contributed by atoms with Crippen LogP contribution in [0.5, 0.6) is 11.5 Å². The maximum Gasteiger partial charge on any atom is 0.224 e. The van der Waals surface area contributed by atoms with E-state index in [-0.39, 0.29) is 23.7 Å². The zero-order valence-corrected chi connectivity index (χ0v) is 17.1. The molecule has 2 N–H and O–H groups in total. The van der Waals surface area contributed by atoms with Gasteiger partial charge in [-0.15, -0.1) is 0 Å². The molecule has 0 aromatic heterocycles. The van der Waals surface area contributed by atoms with E-state index in [0.717, 1.165) is 31.5 Å². The van der Waals surface area contributed by atoms with Crippen molar-refractivity contribution in [1.29, 1.82) is 0 Å². The van der Waals surface area contributed by atoms with E-state index < -0.39 is 6.04 Å². The fraction of sp³-hybridized carbons (Fsp3) is 0.619. The van der Waals surface area contributed by atoms with Crippen LogP contribution in [0, 0.1) is 5.41 Å². The van der Waals surface area contributed by atoms with Crippen molar-refractivity contribution in [1.82, 2.24) is 9.80 Å². The number of nitrogens with two attached hydrogens (primary N) is 1. The molecule has 7 heteroatoms. The molecule has 0 radical (unpaired) electrons. The predicted octanol–water partition coefficient (Wildman–Crippen LogP) is 1.95. The van der Waals surface area contributed by atoms with E-state index in [9.17, 15) is 9.59 Å². The van der Waals surface area contributed by atoms with Gasteiger partial charge < -0.3 is 25.0 Å². The number of carbonyl (C=O) groups is 2. The van der Waals surface area contributed by atoms with Crippen molar-refractivity contribution in [2.24, 2.45) is 11.1 Å². The molecule has 0 saturated carbocycles. The standard InChI is InChI=1S/C21H31N3O4/c1-4-23-14-21(13-20(23)26)7-9-24(10-8-21)19(25)12-16(22)15-5-6-17(27-2)18(11-15)28-3/h5-6,11,16H,4,7-10,12-14,22H2,1-3H3/t16-/m0/s1. The van der Waals surface area contributed by atoms with Crippen molar-refractivity contribution in [3.8, 4) is 11.5 Å². The van der Waals surface area contributed by atoms with Gasteiger partial charge in [0.25, 0.3) is 0 Å². The van der Waals surface area contributed by atoms with Crippen LogP contribution in [0.4, 0.5) is 0 Å². The first kappa shape index (κ1) is 20.5. The van der Waals surface area contributed by atoms with Crippen molar-refractivity contribution in [2.75, 3.05) is 40.4 Å². The summed E-state index contributed by atoms with van der Waals surface area (Å²) in [7, 11) is 3.16. The summed E-state index contributed by atoms with van der Waals surface area (Å²) in [6.07, 6.45) is 2.63. The van der Waals surface area contributed by atoms with E-state index >= 15 is 0 Å². The predicted molar refractivity (Wildman–Crippen MR) is 106 cm³/mol. The molecule has 1 atom stereocenters. The summed E-state index contributed by atoms with van der Waals surface area (Å²) in [5.41, 5.74) is 7.19. The highest BCUT2D eigenvalue weighted by Crippen LogP contribution is 2.41. The Bertz CT molecular complexity index is 728. The third-order valence-corrected chi connectivity index (χ3v) is 6.19. The summed E-state index contributed by atoms with van der Waals surface area (Å²) in [5.74, 6) is 1.55. The zero-order valence-electron chi connectivity index (χ0n) is 17.1. The normalized spacial score (nSPS) is 19.8. The lowest BCUT2D eigenvalue weighted by molar-refractivity contribution is -0.133. The summed E-state index contributed by atoms with van der Waals surface area (Å²) in [6.45, 7) is 5.01. The summed E-state index contributed by atoms with van der Waals surface area (Å²) in [5, 5.41) is 0. The number of hydrogen-bond donors (Lipinski definition) is 1. The van der Waals surface area contributed by atoms with Gasteiger partial charge >= 0.3 is 0 Å². The molecular weight excluding hydrogens is 358 g/mol. The number of hydrogen-bond acceptors (Lipinski definition) is 5. The van der Waals surface area contributed by atoms with Crippen molar-refractivity contribution < 1.29 is 19.1 Å². The molecule has 1 aromatic rings. The van der Waals surface area contributed by atoms with Crippen LogP contribution in [0.2, 0.25) is 0 Å². The summed E-state index contributed by atoms with van der Waals surface area (Å²) >= 11 is 0. The van der Waals surface area contributed by atoms with Gasteiger partial charge in [0.15, 0.2) is 11.5 Å². The van der Waals surface area contributed by atoms with E-state index in [1.165, 1.54) is 0 Å². The molecule has 0 aliphatic carbocycles. The molecule has 2 fully saturated rings. The van der Waals surface area contributed by atoms with Crippen molar-refractivity contribution in [2.45, 2.75) is 38.6 Å². The molecule has 0 bridgehead atoms. The Kier molecular flexibility index (Phi) is 6.13. The minimum atomic E-state index is -0.396. The Morgan fingerprint density at radius 2 is 1.89 bits per heavy atom. The third-order valence-electron chi connectivity index (χ3n) is 6.19. The molecule has 3 rings (SSSR count). The van der Waals surface area contributed by atoms with E-state index in [1.54, 1.807) is 20.3 Å². The molecule has 2 heterocycles. The first-order valence-electron chi connectivity index (χ1n) is 9.94. The number of amides is 2. The number of likely N-dealkylation sites (tertiary alicyclic amines) is 2. The van der Waals surface area contributed by atoms with Gasteiger partial charge in [0.1, 0.15) is 0 Å². The molecule has 154 valence electrons. The van der Waals surface area contributed by atoms with Crippen LogP contribution >= 0.6 is 0 Å². The molecule has 1 aromatic carbocycles. The van der Waals surface area contributed by atoms with E-state index in [4.69, 9.17) is 15.2 Å². The molecular formula is C21H31N3O4. The quantitative estimate of drug-likeness (QED) is 0.804. The minimum absolute atomic E-state index is 0.0509. The van der Waals surface area contributed by atoms with E-state index in [2.05, 4.69) is 0 Å². The number of carbonyl (C=O) groups excluding carboxylic acids is 2. The fourth-order valence-corrected chi connectivity index (χ4v) is 4.35. The van der Waals surface area contributed by atoms with Crippen LogP contribution < -0.4 is 15.2 Å². The molecule has 2 aliphatic rings. The fourth-order valence-electron chi connectivity index (χ4n) is 4.35. The van der Waals surface area contributed by atoms with E-state index in [1.807, 2.05) is 28.9 Å². The largest absolute Gasteiger partial charge is 0.493 e. The van der Waals surface area contributed by atoms with Crippen LogP contribution in [0.15, 0.2) is 18.2 Å². The van der Waals surface area contributed by atoms with Crippen molar-refractivity contribution in [3.05, 3.63) is 23.8 Å².